The van der Waals surface area contributed by atoms with Crippen molar-refractivity contribution in [3.05, 3.63) is 59.7 Å². The normalized spacial score (nSPS) is 15.9. The highest BCUT2D eigenvalue weighted by Crippen LogP contribution is 2.23. The van der Waals surface area contributed by atoms with E-state index in [-0.39, 0.29) is 11.9 Å². The van der Waals surface area contributed by atoms with Crippen molar-refractivity contribution in [2.75, 3.05) is 13.1 Å². The maximum atomic E-state index is 12.7. The van der Waals surface area contributed by atoms with Crippen molar-refractivity contribution in [1.82, 2.24) is 10.2 Å². The molecule has 1 saturated heterocycles. The molecule has 0 aliphatic carbocycles. The van der Waals surface area contributed by atoms with Crippen molar-refractivity contribution in [2.24, 2.45) is 5.92 Å². The van der Waals surface area contributed by atoms with Gasteiger partial charge in [0.25, 0.3) is 5.91 Å². The van der Waals surface area contributed by atoms with E-state index in [1.54, 1.807) is 0 Å². The number of hydrogen-bond donors (Lipinski definition) is 1. The van der Waals surface area contributed by atoms with E-state index in [9.17, 15) is 9.59 Å². The topological polar surface area (TPSA) is 49.4 Å². The third kappa shape index (κ3) is 5.22. The lowest BCUT2D eigenvalue weighted by Crippen LogP contribution is -2.38. The number of carbonyl (C=O) groups excluding carboxylic acids is 2. The Labute approximate surface area is 167 Å². The Hall–Kier alpha value is -2.62. The summed E-state index contributed by atoms with van der Waals surface area (Å²) in [6.07, 6.45) is 4.92. The first kappa shape index (κ1) is 20.1. The van der Waals surface area contributed by atoms with Crippen LogP contribution in [-0.4, -0.2) is 36.3 Å². The largest absolute Gasteiger partial charge is 0.350 e. The van der Waals surface area contributed by atoms with Crippen LogP contribution in [0.4, 0.5) is 0 Å². The van der Waals surface area contributed by atoms with Crippen molar-refractivity contribution in [3.8, 4) is 11.1 Å². The number of amides is 2. The van der Waals surface area contributed by atoms with E-state index in [1.807, 2.05) is 23.1 Å². The molecular weight excluding hydrogens is 348 g/mol. The Morgan fingerprint density at radius 1 is 1.14 bits per heavy atom. The Bertz CT molecular complexity index is 810. The molecule has 2 aromatic rings. The molecule has 2 amide bonds. The average molecular weight is 379 g/mol. The molecule has 0 unspecified atom stereocenters. The van der Waals surface area contributed by atoms with Gasteiger partial charge >= 0.3 is 0 Å². The average Bonchev–Trinajstić information content (AvgIpc) is 2.74. The first-order valence-electron chi connectivity index (χ1n) is 10.3. The number of nitrogens with one attached hydrogen (secondary N) is 1. The fraction of sp³-hybridized carbons (Fsp3) is 0.417. The lowest BCUT2D eigenvalue weighted by Gasteiger charge is -2.30. The smallest absolute Gasteiger partial charge is 0.251 e. The van der Waals surface area contributed by atoms with Gasteiger partial charge in [-0.2, -0.15) is 0 Å². The van der Waals surface area contributed by atoms with Crippen LogP contribution in [0.15, 0.2) is 48.5 Å². The zero-order valence-corrected chi connectivity index (χ0v) is 16.9. The van der Waals surface area contributed by atoms with E-state index in [4.69, 9.17) is 0 Å². The molecule has 4 heteroatoms. The monoisotopic (exact) mass is 378 g/mol. The molecule has 148 valence electrons. The molecule has 0 bridgehead atoms. The van der Waals surface area contributed by atoms with Gasteiger partial charge in [0.2, 0.25) is 6.41 Å². The molecule has 1 aliphatic rings. The van der Waals surface area contributed by atoms with Crippen LogP contribution in [0.3, 0.4) is 0 Å². The van der Waals surface area contributed by atoms with Crippen LogP contribution >= 0.6 is 0 Å². The van der Waals surface area contributed by atoms with Crippen molar-refractivity contribution < 1.29 is 9.59 Å². The van der Waals surface area contributed by atoms with Gasteiger partial charge in [-0.25, -0.2) is 0 Å². The van der Waals surface area contributed by atoms with Crippen LogP contribution < -0.4 is 5.32 Å². The number of likely N-dealkylation sites (tertiary alicyclic amines) is 1. The molecule has 0 radical (unpaired) electrons. The number of piperidine rings is 1. The molecule has 3 rings (SSSR count). The first-order chi connectivity index (χ1) is 13.6. The number of nitrogens with zero attached hydrogens (tertiary/aromatic N) is 1. The van der Waals surface area contributed by atoms with Crippen LogP contribution in [-0.2, 0) is 11.2 Å². The maximum Gasteiger partial charge on any atom is 0.251 e. The number of rotatable bonds is 7. The van der Waals surface area contributed by atoms with E-state index < -0.39 is 0 Å². The van der Waals surface area contributed by atoms with Gasteiger partial charge in [0.15, 0.2) is 0 Å². The zero-order valence-electron chi connectivity index (χ0n) is 16.9. The van der Waals surface area contributed by atoms with E-state index in [0.717, 1.165) is 56.3 Å². The summed E-state index contributed by atoms with van der Waals surface area (Å²) in [7, 11) is 0. The van der Waals surface area contributed by atoms with E-state index >= 15 is 0 Å². The minimum Gasteiger partial charge on any atom is -0.350 e. The molecule has 4 nitrogen and oxygen atoms in total. The van der Waals surface area contributed by atoms with Gasteiger partial charge in [-0.05, 0) is 67.3 Å². The fourth-order valence-electron chi connectivity index (χ4n) is 3.97. The highest BCUT2D eigenvalue weighted by atomic mass is 16.1. The second kappa shape index (κ2) is 9.54. The van der Waals surface area contributed by atoms with Crippen LogP contribution in [0.2, 0.25) is 0 Å². The van der Waals surface area contributed by atoms with Crippen molar-refractivity contribution in [2.45, 2.75) is 45.6 Å². The third-order valence-corrected chi connectivity index (χ3v) is 5.66. The van der Waals surface area contributed by atoms with Crippen LogP contribution in [0.25, 0.3) is 11.1 Å². The van der Waals surface area contributed by atoms with Crippen LogP contribution in [0.1, 0.15) is 49.0 Å². The Morgan fingerprint density at radius 3 is 2.50 bits per heavy atom. The van der Waals surface area contributed by atoms with Gasteiger partial charge in [-0.1, -0.05) is 43.3 Å². The molecule has 1 atom stereocenters. The number of aryl methyl sites for hydroxylation is 1. The predicted molar refractivity (Wildman–Crippen MR) is 113 cm³/mol. The molecule has 1 fully saturated rings. The predicted octanol–water partition coefficient (Wildman–Crippen LogP) is 4.29. The highest BCUT2D eigenvalue weighted by molar-refractivity contribution is 5.95. The van der Waals surface area contributed by atoms with E-state index in [1.165, 1.54) is 5.56 Å². The second-order valence-electron chi connectivity index (χ2n) is 7.83. The lowest BCUT2D eigenvalue weighted by atomic mass is 9.91. The maximum absolute atomic E-state index is 12.7. The third-order valence-electron chi connectivity index (χ3n) is 5.66. The molecule has 1 heterocycles. The lowest BCUT2D eigenvalue weighted by molar-refractivity contribution is -0.119. The van der Waals surface area contributed by atoms with Gasteiger partial charge in [-0.3, -0.25) is 9.59 Å². The molecule has 0 aromatic heterocycles. The van der Waals surface area contributed by atoms with E-state index in [2.05, 4.69) is 49.5 Å². The summed E-state index contributed by atoms with van der Waals surface area (Å²) in [5, 5.41) is 3.15. The van der Waals surface area contributed by atoms with Crippen LogP contribution in [0, 0.1) is 5.92 Å². The summed E-state index contributed by atoms with van der Waals surface area (Å²) in [5.74, 6) is 0.543. The molecular formula is C24H30N2O2. The summed E-state index contributed by atoms with van der Waals surface area (Å²) < 4.78 is 0. The summed E-state index contributed by atoms with van der Waals surface area (Å²) in [4.78, 5) is 25.4. The minimum atomic E-state index is -0.0219. The van der Waals surface area contributed by atoms with Crippen molar-refractivity contribution >= 4 is 12.3 Å². The number of carbonyl (C=O) groups is 2. The standard InChI is InChI=1S/C24H30N2O2/c1-3-19-6-4-7-21(15-19)22-8-5-9-23(16-22)24(28)25-18(2)14-20-10-12-26(17-27)13-11-20/h4-9,15-18,20H,3,10-14H2,1-2H3,(H,25,28)/t18-/m0/s1. The van der Waals surface area contributed by atoms with Crippen molar-refractivity contribution in [1.29, 1.82) is 0 Å². The molecule has 0 spiro atoms. The summed E-state index contributed by atoms with van der Waals surface area (Å²) >= 11 is 0. The number of benzene rings is 2. The molecule has 1 N–H and O–H groups in total. The quantitative estimate of drug-likeness (QED) is 0.731. The summed E-state index contributed by atoms with van der Waals surface area (Å²) in [6, 6.07) is 16.4. The summed E-state index contributed by atoms with van der Waals surface area (Å²) in [6.45, 7) is 5.87. The Balaban J connectivity index is 1.60. The van der Waals surface area contributed by atoms with Gasteiger partial charge in [0.05, 0.1) is 0 Å². The first-order valence-corrected chi connectivity index (χ1v) is 10.3. The molecule has 2 aromatic carbocycles. The van der Waals surface area contributed by atoms with Crippen LogP contribution in [0.5, 0.6) is 0 Å². The zero-order chi connectivity index (χ0) is 19.9. The highest BCUT2D eigenvalue weighted by Gasteiger charge is 2.21. The van der Waals surface area contributed by atoms with Gasteiger partial charge in [-0.15, -0.1) is 0 Å². The second-order valence-corrected chi connectivity index (χ2v) is 7.83. The SMILES string of the molecule is CCc1cccc(-c2cccc(C(=O)N[C@@H](C)CC3CCN(C=O)CC3)c2)c1. The fourth-order valence-corrected chi connectivity index (χ4v) is 3.97. The van der Waals surface area contributed by atoms with Gasteiger partial charge in [0.1, 0.15) is 0 Å². The van der Waals surface area contributed by atoms with Gasteiger partial charge in [0, 0.05) is 24.7 Å². The summed E-state index contributed by atoms with van der Waals surface area (Å²) in [5.41, 5.74) is 4.20. The molecule has 1 aliphatic heterocycles. The Kier molecular flexibility index (Phi) is 6.85. The van der Waals surface area contributed by atoms with E-state index in [0.29, 0.717) is 11.5 Å². The molecule has 0 saturated carbocycles. The minimum absolute atomic E-state index is 0.0219. The van der Waals surface area contributed by atoms with Crippen molar-refractivity contribution in [3.63, 3.8) is 0 Å². The Morgan fingerprint density at radius 2 is 1.82 bits per heavy atom. The molecule has 28 heavy (non-hydrogen) atoms. The number of hydrogen-bond acceptors (Lipinski definition) is 2. The van der Waals surface area contributed by atoms with Gasteiger partial charge < -0.3 is 10.2 Å².